The third-order valence-electron chi connectivity index (χ3n) is 2.41. The van der Waals surface area contributed by atoms with Crippen LogP contribution < -0.4 is 5.73 Å². The van der Waals surface area contributed by atoms with Gasteiger partial charge in [-0.1, -0.05) is 37.3 Å². The smallest absolute Gasteiger partial charge is 0.324 e. The SMILES string of the molecule is CCC(SCN)(C(=O)O)c1ccccc1. The summed E-state index contributed by atoms with van der Waals surface area (Å²) in [6.45, 7) is 1.86. The molecule has 0 radical (unpaired) electrons. The second kappa shape index (κ2) is 5.19. The summed E-state index contributed by atoms with van der Waals surface area (Å²) in [5, 5.41) is 9.33. The Hall–Kier alpha value is -1.00. The second-order valence-electron chi connectivity index (χ2n) is 3.16. The van der Waals surface area contributed by atoms with Crippen LogP contribution in [-0.4, -0.2) is 17.0 Å². The van der Waals surface area contributed by atoms with Crippen molar-refractivity contribution >= 4 is 17.7 Å². The fraction of sp³-hybridized carbons (Fsp3) is 0.364. The zero-order chi connectivity index (χ0) is 11.3. The highest BCUT2D eigenvalue weighted by atomic mass is 32.2. The van der Waals surface area contributed by atoms with E-state index in [1.165, 1.54) is 11.8 Å². The van der Waals surface area contributed by atoms with Crippen molar-refractivity contribution in [3.8, 4) is 0 Å². The van der Waals surface area contributed by atoms with E-state index in [1.807, 2.05) is 37.3 Å². The molecular weight excluding hydrogens is 210 g/mol. The van der Waals surface area contributed by atoms with Crippen molar-refractivity contribution in [1.29, 1.82) is 0 Å². The second-order valence-corrected chi connectivity index (χ2v) is 4.48. The van der Waals surface area contributed by atoms with Crippen LogP contribution in [0.15, 0.2) is 30.3 Å². The maximum Gasteiger partial charge on any atom is 0.324 e. The average Bonchev–Trinajstić information content (AvgIpc) is 2.26. The minimum absolute atomic E-state index is 0.301. The van der Waals surface area contributed by atoms with Crippen molar-refractivity contribution in [2.75, 3.05) is 5.88 Å². The van der Waals surface area contributed by atoms with Crippen LogP contribution in [0.3, 0.4) is 0 Å². The Kier molecular flexibility index (Phi) is 4.17. The quantitative estimate of drug-likeness (QED) is 0.753. The first-order valence-electron chi connectivity index (χ1n) is 4.80. The van der Waals surface area contributed by atoms with E-state index in [2.05, 4.69) is 0 Å². The summed E-state index contributed by atoms with van der Waals surface area (Å²) in [4.78, 5) is 11.4. The Balaban J connectivity index is 3.15. The molecule has 82 valence electrons. The minimum Gasteiger partial charge on any atom is -0.480 e. The molecule has 1 aromatic carbocycles. The normalized spacial score (nSPS) is 14.5. The number of hydrogen-bond acceptors (Lipinski definition) is 3. The monoisotopic (exact) mass is 225 g/mol. The van der Waals surface area contributed by atoms with E-state index in [0.717, 1.165) is 5.56 Å². The first kappa shape index (κ1) is 12.1. The number of carboxylic acids is 1. The van der Waals surface area contributed by atoms with Crippen molar-refractivity contribution in [3.63, 3.8) is 0 Å². The van der Waals surface area contributed by atoms with Crippen LogP contribution in [-0.2, 0) is 9.54 Å². The van der Waals surface area contributed by atoms with Gasteiger partial charge < -0.3 is 10.8 Å². The average molecular weight is 225 g/mol. The number of carboxylic acid groups (broad SMARTS) is 1. The number of aliphatic carboxylic acids is 1. The molecule has 0 heterocycles. The molecule has 1 unspecified atom stereocenters. The molecule has 0 spiro atoms. The molecule has 0 fully saturated rings. The molecule has 0 aromatic heterocycles. The molecule has 4 heteroatoms. The third-order valence-corrected chi connectivity index (χ3v) is 3.77. The van der Waals surface area contributed by atoms with Gasteiger partial charge in [0, 0.05) is 5.88 Å². The molecule has 15 heavy (non-hydrogen) atoms. The topological polar surface area (TPSA) is 63.3 Å². The molecule has 3 nitrogen and oxygen atoms in total. The van der Waals surface area contributed by atoms with Crippen LogP contribution in [0.5, 0.6) is 0 Å². The van der Waals surface area contributed by atoms with E-state index in [-0.39, 0.29) is 0 Å². The Morgan fingerprint density at radius 1 is 1.47 bits per heavy atom. The van der Waals surface area contributed by atoms with Crippen LogP contribution in [0.2, 0.25) is 0 Å². The molecule has 0 aliphatic carbocycles. The highest BCUT2D eigenvalue weighted by Gasteiger charge is 2.38. The van der Waals surface area contributed by atoms with Gasteiger partial charge in [-0.05, 0) is 12.0 Å². The summed E-state index contributed by atoms with van der Waals surface area (Å²) in [5.41, 5.74) is 6.27. The summed E-state index contributed by atoms with van der Waals surface area (Å²) >= 11 is 1.26. The zero-order valence-electron chi connectivity index (χ0n) is 8.64. The van der Waals surface area contributed by atoms with Gasteiger partial charge in [-0.15, -0.1) is 11.8 Å². The minimum atomic E-state index is -0.907. The van der Waals surface area contributed by atoms with Crippen molar-refractivity contribution in [3.05, 3.63) is 35.9 Å². The maximum atomic E-state index is 11.4. The molecule has 0 aliphatic rings. The molecule has 0 saturated carbocycles. The van der Waals surface area contributed by atoms with Gasteiger partial charge in [-0.2, -0.15) is 0 Å². The van der Waals surface area contributed by atoms with Crippen LogP contribution in [0.4, 0.5) is 0 Å². The summed E-state index contributed by atoms with van der Waals surface area (Å²) in [6, 6.07) is 9.24. The number of thioether (sulfide) groups is 1. The molecule has 3 N–H and O–H groups in total. The van der Waals surface area contributed by atoms with Gasteiger partial charge in [0.15, 0.2) is 0 Å². The fourth-order valence-electron chi connectivity index (χ4n) is 1.58. The summed E-state index contributed by atoms with van der Waals surface area (Å²) in [6.07, 6.45) is 0.522. The number of carbonyl (C=O) groups is 1. The van der Waals surface area contributed by atoms with Crippen molar-refractivity contribution in [2.24, 2.45) is 5.73 Å². The van der Waals surface area contributed by atoms with E-state index >= 15 is 0 Å². The van der Waals surface area contributed by atoms with Gasteiger partial charge in [-0.3, -0.25) is 4.79 Å². The highest BCUT2D eigenvalue weighted by molar-refractivity contribution is 8.00. The van der Waals surface area contributed by atoms with E-state index < -0.39 is 10.7 Å². The lowest BCUT2D eigenvalue weighted by atomic mass is 9.95. The number of hydrogen-bond donors (Lipinski definition) is 2. The third kappa shape index (κ3) is 2.33. The predicted octanol–water partition coefficient (Wildman–Crippen LogP) is 2.03. The molecule has 1 atom stereocenters. The zero-order valence-corrected chi connectivity index (χ0v) is 9.46. The van der Waals surface area contributed by atoms with Crippen molar-refractivity contribution in [2.45, 2.75) is 18.1 Å². The van der Waals surface area contributed by atoms with E-state index in [4.69, 9.17) is 5.73 Å². The number of rotatable bonds is 5. The fourth-order valence-corrected chi connectivity index (χ4v) is 2.49. The van der Waals surface area contributed by atoms with Gasteiger partial charge in [0.1, 0.15) is 4.75 Å². The lowest BCUT2D eigenvalue weighted by Gasteiger charge is -2.27. The maximum absolute atomic E-state index is 11.4. The summed E-state index contributed by atoms with van der Waals surface area (Å²) in [7, 11) is 0. The predicted molar refractivity (Wildman–Crippen MR) is 62.7 cm³/mol. The lowest BCUT2D eigenvalue weighted by molar-refractivity contribution is -0.140. The molecular formula is C11H15NO2S. The van der Waals surface area contributed by atoms with Gasteiger partial charge in [-0.25, -0.2) is 0 Å². The number of nitrogens with two attached hydrogens (primary N) is 1. The Morgan fingerprint density at radius 2 is 2.07 bits per heavy atom. The summed E-state index contributed by atoms with van der Waals surface area (Å²) < 4.78 is -0.907. The van der Waals surface area contributed by atoms with Gasteiger partial charge in [0.05, 0.1) is 0 Å². The van der Waals surface area contributed by atoms with Gasteiger partial charge >= 0.3 is 5.97 Å². The van der Waals surface area contributed by atoms with Crippen LogP contribution in [0.1, 0.15) is 18.9 Å². The lowest BCUT2D eigenvalue weighted by Crippen LogP contribution is -2.32. The first-order valence-corrected chi connectivity index (χ1v) is 5.79. The Bertz CT molecular complexity index is 329. The highest BCUT2D eigenvalue weighted by Crippen LogP contribution is 2.39. The van der Waals surface area contributed by atoms with Gasteiger partial charge in [0.2, 0.25) is 0 Å². The van der Waals surface area contributed by atoms with Crippen molar-refractivity contribution < 1.29 is 9.90 Å². The molecule has 1 aromatic rings. The van der Waals surface area contributed by atoms with E-state index in [0.29, 0.717) is 12.3 Å². The molecule has 1 rings (SSSR count). The Morgan fingerprint density at radius 3 is 2.47 bits per heavy atom. The van der Waals surface area contributed by atoms with E-state index in [1.54, 1.807) is 0 Å². The van der Waals surface area contributed by atoms with Gasteiger partial charge in [0.25, 0.3) is 0 Å². The van der Waals surface area contributed by atoms with Crippen LogP contribution >= 0.6 is 11.8 Å². The van der Waals surface area contributed by atoms with Crippen LogP contribution in [0, 0.1) is 0 Å². The summed E-state index contributed by atoms with van der Waals surface area (Å²) in [5.74, 6) is -0.527. The first-order chi connectivity index (χ1) is 7.17. The standard InChI is InChI=1S/C11H15NO2S/c1-2-11(10(13)14,15-8-12)9-6-4-3-5-7-9/h3-7H,2,8,12H2,1H3,(H,13,14). The molecule has 0 bridgehead atoms. The largest absolute Gasteiger partial charge is 0.480 e. The van der Waals surface area contributed by atoms with Crippen molar-refractivity contribution in [1.82, 2.24) is 0 Å². The molecule has 0 aliphatic heterocycles. The molecule has 0 saturated heterocycles. The number of benzene rings is 1. The Labute approximate surface area is 93.7 Å². The molecule has 0 amide bonds. The van der Waals surface area contributed by atoms with E-state index in [9.17, 15) is 9.90 Å². The van der Waals surface area contributed by atoms with Crippen LogP contribution in [0.25, 0.3) is 0 Å².